The number of rotatable bonds is 2. The minimum Gasteiger partial charge on any atom is -0.508 e. The normalized spacial score (nSPS) is 17.1. The lowest BCUT2D eigenvalue weighted by Gasteiger charge is -2.20. The fourth-order valence-corrected chi connectivity index (χ4v) is 2.07. The van der Waals surface area contributed by atoms with Gasteiger partial charge in [0.1, 0.15) is 17.0 Å². The lowest BCUT2D eigenvalue weighted by molar-refractivity contribution is 0.0378. The van der Waals surface area contributed by atoms with Crippen LogP contribution in [0.3, 0.4) is 0 Å². The largest absolute Gasteiger partial charge is 0.508 e. The SMILES string of the molecule is CC(C)(C)OC(=O)NC1N(C(=O)OC(C)(C)C)N1c1ccc(O)cc1. The molecule has 1 aliphatic rings. The zero-order valence-electron chi connectivity index (χ0n) is 15.4. The van der Waals surface area contributed by atoms with Gasteiger partial charge in [0.05, 0.1) is 5.69 Å². The van der Waals surface area contributed by atoms with Crippen LogP contribution >= 0.6 is 0 Å². The minimum atomic E-state index is -0.728. The Morgan fingerprint density at radius 3 is 2.00 bits per heavy atom. The third-order valence-electron chi connectivity index (χ3n) is 2.98. The van der Waals surface area contributed by atoms with Gasteiger partial charge in [-0.25, -0.2) is 14.6 Å². The molecule has 8 heteroatoms. The molecule has 0 bridgehead atoms. The Bertz CT molecular complexity index is 646. The molecular weight excluding hydrogens is 326 g/mol. The Morgan fingerprint density at radius 1 is 1.00 bits per heavy atom. The number of nitrogens with one attached hydrogen (secondary N) is 1. The van der Waals surface area contributed by atoms with Crippen LogP contribution in [0, 0.1) is 0 Å². The molecule has 0 aliphatic carbocycles. The quantitative estimate of drug-likeness (QED) is 0.795. The molecule has 0 aromatic heterocycles. The summed E-state index contributed by atoms with van der Waals surface area (Å²) in [6.45, 7) is 10.5. The molecule has 25 heavy (non-hydrogen) atoms. The third-order valence-corrected chi connectivity index (χ3v) is 2.98. The van der Waals surface area contributed by atoms with Crippen molar-refractivity contribution < 1.29 is 24.2 Å². The van der Waals surface area contributed by atoms with Gasteiger partial charge in [0.15, 0.2) is 0 Å². The van der Waals surface area contributed by atoms with Crippen LogP contribution in [0.15, 0.2) is 24.3 Å². The predicted octanol–water partition coefficient (Wildman–Crippen LogP) is 3.17. The molecule has 0 radical (unpaired) electrons. The summed E-state index contributed by atoms with van der Waals surface area (Å²) in [7, 11) is 0. The van der Waals surface area contributed by atoms with Crippen LogP contribution in [-0.2, 0) is 9.47 Å². The zero-order chi connectivity index (χ0) is 19.0. The van der Waals surface area contributed by atoms with Crippen LogP contribution in [0.2, 0.25) is 0 Å². The van der Waals surface area contributed by atoms with Gasteiger partial charge in [-0.2, -0.15) is 5.01 Å². The highest BCUT2D eigenvalue weighted by molar-refractivity contribution is 5.79. The van der Waals surface area contributed by atoms with Crippen molar-refractivity contribution in [2.45, 2.75) is 59.0 Å². The molecule has 1 aromatic rings. The fourth-order valence-electron chi connectivity index (χ4n) is 2.07. The topological polar surface area (TPSA) is 90.9 Å². The highest BCUT2D eigenvalue weighted by atomic mass is 16.6. The van der Waals surface area contributed by atoms with Gasteiger partial charge in [-0.15, -0.1) is 0 Å². The third kappa shape index (κ3) is 5.17. The van der Waals surface area contributed by atoms with E-state index in [0.717, 1.165) is 0 Å². The first kappa shape index (κ1) is 18.7. The molecule has 2 N–H and O–H groups in total. The standard InChI is InChI=1S/C17H25N3O5/c1-16(2,3)24-14(22)18-13-19(11-7-9-12(21)10-8-11)20(13)15(23)25-17(4,5)6/h7-10,13,21H,1-6H3,(H,18,22). The molecule has 1 fully saturated rings. The van der Waals surface area contributed by atoms with Crippen molar-refractivity contribution in [3.8, 4) is 5.75 Å². The maximum absolute atomic E-state index is 12.4. The molecule has 0 saturated carbocycles. The van der Waals surface area contributed by atoms with E-state index in [4.69, 9.17) is 9.47 Å². The van der Waals surface area contributed by atoms with E-state index in [0.29, 0.717) is 5.69 Å². The number of carbonyl (C=O) groups excluding carboxylic acids is 2. The summed E-state index contributed by atoms with van der Waals surface area (Å²) in [4.78, 5) is 24.4. The van der Waals surface area contributed by atoms with Crippen LogP contribution in [-0.4, -0.2) is 39.8 Å². The van der Waals surface area contributed by atoms with Gasteiger partial charge in [-0.1, -0.05) is 0 Å². The van der Waals surface area contributed by atoms with E-state index in [1.807, 2.05) is 0 Å². The summed E-state index contributed by atoms with van der Waals surface area (Å²) in [6, 6.07) is 6.24. The highest BCUT2D eigenvalue weighted by Gasteiger charge is 2.53. The van der Waals surface area contributed by atoms with E-state index in [2.05, 4.69) is 5.32 Å². The van der Waals surface area contributed by atoms with Gasteiger partial charge in [0.25, 0.3) is 0 Å². The predicted molar refractivity (Wildman–Crippen MR) is 91.8 cm³/mol. The van der Waals surface area contributed by atoms with Crippen LogP contribution in [0.5, 0.6) is 5.75 Å². The molecule has 1 heterocycles. The first-order chi connectivity index (χ1) is 11.4. The van der Waals surface area contributed by atoms with E-state index in [-0.39, 0.29) is 5.75 Å². The van der Waals surface area contributed by atoms with Crippen LogP contribution in [0.1, 0.15) is 41.5 Å². The van der Waals surface area contributed by atoms with Crippen molar-refractivity contribution >= 4 is 17.9 Å². The number of alkyl carbamates (subject to hydrolysis) is 1. The summed E-state index contributed by atoms with van der Waals surface area (Å²) in [5.41, 5.74) is -0.708. The van der Waals surface area contributed by atoms with Crippen molar-refractivity contribution in [3.05, 3.63) is 24.3 Å². The van der Waals surface area contributed by atoms with Crippen LogP contribution in [0.4, 0.5) is 15.3 Å². The average Bonchev–Trinajstić information content (AvgIpc) is 3.09. The van der Waals surface area contributed by atoms with E-state index in [9.17, 15) is 14.7 Å². The average molecular weight is 351 g/mol. The Morgan fingerprint density at radius 2 is 1.52 bits per heavy atom. The van der Waals surface area contributed by atoms with E-state index in [1.54, 1.807) is 53.7 Å². The molecule has 1 aliphatic heterocycles. The number of nitrogens with zero attached hydrogens (tertiary/aromatic N) is 2. The van der Waals surface area contributed by atoms with E-state index >= 15 is 0 Å². The van der Waals surface area contributed by atoms with Crippen LogP contribution in [0.25, 0.3) is 0 Å². The molecule has 8 nitrogen and oxygen atoms in total. The minimum absolute atomic E-state index is 0.103. The smallest absolute Gasteiger partial charge is 0.433 e. The maximum atomic E-state index is 12.4. The van der Waals surface area contributed by atoms with Crippen molar-refractivity contribution in [3.63, 3.8) is 0 Å². The molecule has 2 rings (SSSR count). The summed E-state index contributed by atoms with van der Waals surface area (Å²) >= 11 is 0. The second-order valence-electron chi connectivity index (χ2n) is 7.71. The van der Waals surface area contributed by atoms with Crippen LogP contribution < -0.4 is 10.3 Å². The van der Waals surface area contributed by atoms with Gasteiger partial charge in [0.2, 0.25) is 6.29 Å². The molecular formula is C17H25N3O5. The molecule has 1 unspecified atom stereocenters. The summed E-state index contributed by atoms with van der Waals surface area (Å²) in [5, 5.41) is 14.8. The lowest BCUT2D eigenvalue weighted by atomic mass is 10.2. The number of ether oxygens (including phenoxy) is 2. The number of hydrogen-bond donors (Lipinski definition) is 2. The maximum Gasteiger partial charge on any atom is 0.433 e. The number of amides is 2. The molecule has 138 valence electrons. The summed E-state index contributed by atoms with van der Waals surface area (Å²) in [6.07, 6.45) is -1.97. The molecule has 2 amide bonds. The number of hydrogen-bond acceptors (Lipinski definition) is 6. The Labute approximate surface area is 147 Å². The number of phenols is 1. The number of benzene rings is 1. The molecule has 1 saturated heterocycles. The van der Waals surface area contributed by atoms with Gasteiger partial charge in [0, 0.05) is 0 Å². The second kappa shape index (κ2) is 6.34. The summed E-state index contributed by atoms with van der Waals surface area (Å²) < 4.78 is 10.6. The number of aromatic hydroxyl groups is 1. The number of carbonyl (C=O) groups is 2. The Balaban J connectivity index is 2.14. The number of anilines is 1. The van der Waals surface area contributed by atoms with Crippen molar-refractivity contribution in [1.29, 1.82) is 0 Å². The van der Waals surface area contributed by atoms with Gasteiger partial charge in [-0.05, 0) is 65.8 Å². The Kier molecular flexibility index (Phi) is 4.74. The van der Waals surface area contributed by atoms with E-state index < -0.39 is 29.7 Å². The van der Waals surface area contributed by atoms with Gasteiger partial charge < -0.3 is 14.6 Å². The Hall–Kier alpha value is -2.64. The second-order valence-corrected chi connectivity index (χ2v) is 7.71. The summed E-state index contributed by atoms with van der Waals surface area (Å²) in [5.74, 6) is 0.103. The van der Waals surface area contributed by atoms with Crippen molar-refractivity contribution in [1.82, 2.24) is 10.3 Å². The molecule has 1 atom stereocenters. The number of phenolic OH excluding ortho intramolecular Hbond substituents is 1. The fraction of sp³-hybridized carbons (Fsp3) is 0.529. The van der Waals surface area contributed by atoms with Gasteiger partial charge >= 0.3 is 12.2 Å². The first-order valence-corrected chi connectivity index (χ1v) is 7.97. The van der Waals surface area contributed by atoms with Gasteiger partial charge in [-0.3, -0.25) is 5.32 Å². The monoisotopic (exact) mass is 351 g/mol. The molecule has 1 aromatic carbocycles. The lowest BCUT2D eigenvalue weighted by Crippen LogP contribution is -2.37. The van der Waals surface area contributed by atoms with E-state index in [1.165, 1.54) is 22.2 Å². The highest BCUT2D eigenvalue weighted by Crippen LogP contribution is 2.34. The van der Waals surface area contributed by atoms with Crippen molar-refractivity contribution in [2.24, 2.45) is 0 Å². The van der Waals surface area contributed by atoms with Crippen molar-refractivity contribution in [2.75, 3.05) is 5.01 Å². The number of hydrazine groups is 1. The first-order valence-electron chi connectivity index (χ1n) is 7.97. The zero-order valence-corrected chi connectivity index (χ0v) is 15.4. The molecule has 0 spiro atoms.